The molecular formula is C12H13N3O3. The minimum Gasteiger partial charge on any atom is -0.398 e. The quantitative estimate of drug-likeness (QED) is 0.392. The molecule has 0 fully saturated rings. The van der Waals surface area contributed by atoms with Crippen LogP contribution in [-0.2, 0) is 9.59 Å². The zero-order valence-corrected chi connectivity index (χ0v) is 9.60. The van der Waals surface area contributed by atoms with Crippen molar-refractivity contribution < 1.29 is 14.4 Å². The lowest BCUT2D eigenvalue weighted by molar-refractivity contribution is -0.138. The number of benzene rings is 1. The largest absolute Gasteiger partial charge is 0.398 e. The third-order valence-corrected chi connectivity index (χ3v) is 2.05. The van der Waals surface area contributed by atoms with E-state index in [0.717, 1.165) is 0 Å². The van der Waals surface area contributed by atoms with Crippen LogP contribution in [0, 0.1) is 0 Å². The smallest absolute Gasteiger partial charge is 0.316 e. The number of imide groups is 1. The van der Waals surface area contributed by atoms with Gasteiger partial charge in [-0.25, -0.2) is 0 Å². The van der Waals surface area contributed by atoms with Crippen LogP contribution in [0.15, 0.2) is 36.9 Å². The minimum atomic E-state index is -1.04. The Morgan fingerprint density at radius 2 is 1.89 bits per heavy atom. The first-order chi connectivity index (χ1) is 8.56. The molecule has 94 valence electrons. The lowest BCUT2D eigenvalue weighted by Gasteiger charge is -2.06. The number of hydrogen-bond donors (Lipinski definition) is 3. The number of anilines is 1. The van der Waals surface area contributed by atoms with Crippen molar-refractivity contribution >= 4 is 23.4 Å². The maximum atomic E-state index is 11.6. The van der Waals surface area contributed by atoms with Gasteiger partial charge in [0.15, 0.2) is 0 Å². The van der Waals surface area contributed by atoms with Gasteiger partial charge < -0.3 is 11.1 Å². The number of nitrogens with two attached hydrogens (primary N) is 1. The Labute approximate surface area is 104 Å². The second kappa shape index (κ2) is 6.19. The molecule has 0 heterocycles. The highest BCUT2D eigenvalue weighted by molar-refractivity contribution is 6.38. The van der Waals surface area contributed by atoms with Gasteiger partial charge in [-0.15, -0.1) is 6.58 Å². The summed E-state index contributed by atoms with van der Waals surface area (Å²) in [5, 5.41) is 4.19. The number of carbonyl (C=O) groups is 3. The molecule has 0 aliphatic rings. The first-order valence-corrected chi connectivity index (χ1v) is 5.15. The molecule has 0 saturated heterocycles. The summed E-state index contributed by atoms with van der Waals surface area (Å²) in [6.45, 7) is 3.53. The van der Waals surface area contributed by atoms with E-state index in [-0.39, 0.29) is 17.8 Å². The fourth-order valence-corrected chi connectivity index (χ4v) is 1.18. The SMILES string of the molecule is C=CCNC(=O)C(=O)NC(=O)c1ccccc1N. The molecule has 0 aromatic heterocycles. The van der Waals surface area contributed by atoms with Crippen LogP contribution < -0.4 is 16.4 Å². The molecule has 0 radical (unpaired) electrons. The van der Waals surface area contributed by atoms with Crippen LogP contribution in [0.4, 0.5) is 5.69 Å². The number of rotatable bonds is 3. The Morgan fingerprint density at radius 3 is 2.50 bits per heavy atom. The Morgan fingerprint density at radius 1 is 1.22 bits per heavy atom. The maximum Gasteiger partial charge on any atom is 0.316 e. The summed E-state index contributed by atoms with van der Waals surface area (Å²) in [5.41, 5.74) is 5.94. The van der Waals surface area contributed by atoms with Gasteiger partial charge in [0.05, 0.1) is 5.56 Å². The summed E-state index contributed by atoms with van der Waals surface area (Å²) in [6.07, 6.45) is 1.42. The molecule has 1 aromatic rings. The summed E-state index contributed by atoms with van der Waals surface area (Å²) < 4.78 is 0. The van der Waals surface area contributed by atoms with Crippen molar-refractivity contribution in [2.24, 2.45) is 0 Å². The van der Waals surface area contributed by atoms with Crippen LogP contribution in [0.25, 0.3) is 0 Å². The molecule has 6 nitrogen and oxygen atoms in total. The predicted octanol–water partition coefficient (Wildman–Crippen LogP) is -0.173. The van der Waals surface area contributed by atoms with Gasteiger partial charge in [-0.3, -0.25) is 19.7 Å². The Hall–Kier alpha value is -2.63. The number of carbonyl (C=O) groups excluding carboxylic acids is 3. The van der Waals surface area contributed by atoms with Crippen LogP contribution in [0.2, 0.25) is 0 Å². The van der Waals surface area contributed by atoms with Crippen molar-refractivity contribution in [3.8, 4) is 0 Å². The van der Waals surface area contributed by atoms with E-state index in [1.807, 2.05) is 5.32 Å². The fourth-order valence-electron chi connectivity index (χ4n) is 1.18. The Balaban J connectivity index is 2.65. The molecule has 3 amide bonds. The normalized spacial score (nSPS) is 9.33. The predicted molar refractivity (Wildman–Crippen MR) is 66.5 cm³/mol. The average Bonchev–Trinajstić information content (AvgIpc) is 2.36. The zero-order valence-electron chi connectivity index (χ0n) is 9.60. The van der Waals surface area contributed by atoms with Crippen LogP contribution in [-0.4, -0.2) is 24.3 Å². The van der Waals surface area contributed by atoms with Crippen LogP contribution in [0.5, 0.6) is 0 Å². The lowest BCUT2D eigenvalue weighted by atomic mass is 10.1. The van der Waals surface area contributed by atoms with Gasteiger partial charge in [0.1, 0.15) is 0 Å². The molecule has 0 aliphatic heterocycles. The first kappa shape index (κ1) is 13.4. The molecule has 18 heavy (non-hydrogen) atoms. The van der Waals surface area contributed by atoms with E-state index in [0.29, 0.717) is 0 Å². The van der Waals surface area contributed by atoms with E-state index in [9.17, 15) is 14.4 Å². The van der Waals surface area contributed by atoms with E-state index >= 15 is 0 Å². The summed E-state index contributed by atoms with van der Waals surface area (Å²) in [6, 6.07) is 6.25. The molecule has 4 N–H and O–H groups in total. The van der Waals surface area contributed by atoms with Gasteiger partial charge in [0.25, 0.3) is 5.91 Å². The van der Waals surface area contributed by atoms with E-state index < -0.39 is 17.7 Å². The third kappa shape index (κ3) is 3.44. The van der Waals surface area contributed by atoms with Crippen molar-refractivity contribution in [2.45, 2.75) is 0 Å². The van der Waals surface area contributed by atoms with E-state index in [2.05, 4.69) is 11.9 Å². The third-order valence-electron chi connectivity index (χ3n) is 2.05. The molecule has 0 aliphatic carbocycles. The number of amides is 3. The zero-order chi connectivity index (χ0) is 13.5. The minimum absolute atomic E-state index is 0.141. The Kier molecular flexibility index (Phi) is 4.62. The molecule has 6 heteroatoms. The van der Waals surface area contributed by atoms with Gasteiger partial charge in [-0.2, -0.15) is 0 Å². The number of nitrogen functional groups attached to an aromatic ring is 1. The summed E-state index contributed by atoms with van der Waals surface area (Å²) in [4.78, 5) is 34.2. The van der Waals surface area contributed by atoms with E-state index in [1.54, 1.807) is 12.1 Å². The number of hydrogen-bond acceptors (Lipinski definition) is 4. The Bertz CT molecular complexity index is 497. The van der Waals surface area contributed by atoms with Gasteiger partial charge in [-0.05, 0) is 12.1 Å². The summed E-state index contributed by atoms with van der Waals surface area (Å²) in [5.74, 6) is -2.66. The standard InChI is InChI=1S/C12H13N3O3/c1-2-7-14-11(17)12(18)15-10(16)8-5-3-4-6-9(8)13/h2-6H,1,7,13H2,(H,14,17)(H,15,16,18). The second-order valence-corrected chi connectivity index (χ2v) is 3.37. The molecule has 0 spiro atoms. The maximum absolute atomic E-state index is 11.6. The molecule has 0 unspecified atom stereocenters. The molecule has 0 bridgehead atoms. The molecule has 0 atom stereocenters. The van der Waals surface area contributed by atoms with Crippen molar-refractivity contribution in [3.63, 3.8) is 0 Å². The van der Waals surface area contributed by atoms with Gasteiger partial charge in [0.2, 0.25) is 0 Å². The summed E-state index contributed by atoms with van der Waals surface area (Å²) in [7, 11) is 0. The average molecular weight is 247 g/mol. The van der Waals surface area contributed by atoms with Gasteiger partial charge in [-0.1, -0.05) is 18.2 Å². The lowest BCUT2D eigenvalue weighted by Crippen LogP contribution is -2.42. The van der Waals surface area contributed by atoms with Crippen molar-refractivity contribution in [1.82, 2.24) is 10.6 Å². The van der Waals surface area contributed by atoms with Crippen LogP contribution in [0.1, 0.15) is 10.4 Å². The van der Waals surface area contributed by atoms with Crippen LogP contribution >= 0.6 is 0 Å². The highest BCUT2D eigenvalue weighted by Crippen LogP contribution is 2.09. The molecule has 1 rings (SSSR count). The van der Waals surface area contributed by atoms with Crippen molar-refractivity contribution in [3.05, 3.63) is 42.5 Å². The summed E-state index contributed by atoms with van der Waals surface area (Å²) >= 11 is 0. The monoisotopic (exact) mass is 247 g/mol. The van der Waals surface area contributed by atoms with Crippen molar-refractivity contribution in [2.75, 3.05) is 12.3 Å². The second-order valence-electron chi connectivity index (χ2n) is 3.37. The highest BCUT2D eigenvalue weighted by atomic mass is 16.2. The number of para-hydroxylation sites is 1. The molecule has 0 saturated carbocycles. The topological polar surface area (TPSA) is 101 Å². The van der Waals surface area contributed by atoms with Crippen LogP contribution in [0.3, 0.4) is 0 Å². The van der Waals surface area contributed by atoms with Gasteiger partial charge >= 0.3 is 11.8 Å². The molecular weight excluding hydrogens is 234 g/mol. The van der Waals surface area contributed by atoms with Crippen molar-refractivity contribution in [1.29, 1.82) is 0 Å². The van der Waals surface area contributed by atoms with Gasteiger partial charge in [0, 0.05) is 12.2 Å². The van der Waals surface area contributed by atoms with E-state index in [4.69, 9.17) is 5.73 Å². The number of nitrogens with one attached hydrogen (secondary N) is 2. The molecule has 1 aromatic carbocycles. The fraction of sp³-hybridized carbons (Fsp3) is 0.0833. The first-order valence-electron chi connectivity index (χ1n) is 5.15. The van der Waals surface area contributed by atoms with E-state index in [1.165, 1.54) is 18.2 Å². The highest BCUT2D eigenvalue weighted by Gasteiger charge is 2.18.